The van der Waals surface area contributed by atoms with Crippen LogP contribution in [0.2, 0.25) is 0 Å². The van der Waals surface area contributed by atoms with E-state index in [4.69, 9.17) is 15.1 Å². The number of benzene rings is 5. The van der Waals surface area contributed by atoms with Crippen LogP contribution in [0, 0.1) is 38.1 Å². The van der Waals surface area contributed by atoms with E-state index in [9.17, 15) is 0 Å². The van der Waals surface area contributed by atoms with Crippen LogP contribution in [0.1, 0.15) is 58.1 Å². The van der Waals surface area contributed by atoms with Gasteiger partial charge in [-0.2, -0.15) is 11.3 Å². The number of fused-ring (bicyclic) bond motifs is 3. The van der Waals surface area contributed by atoms with Crippen LogP contribution < -0.4 is 0 Å². The topological polar surface area (TPSA) is 25.8 Å². The minimum Gasteiger partial charge on any atom is -0.304 e. The number of rotatable bonds is 5. The third-order valence-corrected chi connectivity index (χ3v) is 9.55. The first kappa shape index (κ1) is 25.3. The summed E-state index contributed by atoms with van der Waals surface area (Å²) in [4.78, 5) is 8.72. The van der Waals surface area contributed by atoms with Gasteiger partial charge in [0.05, 0.1) is 0 Å². The maximum atomic E-state index is 8.76. The first-order valence-corrected chi connectivity index (χ1v) is 17.4. The second-order valence-corrected chi connectivity index (χ2v) is 14.2. The number of aryl methyl sites for hydroxylation is 3. The molecular weight excluding hydrogens is 829 g/mol. The van der Waals surface area contributed by atoms with Crippen LogP contribution in [0.15, 0.2) is 134 Å². The van der Waals surface area contributed by atoms with Gasteiger partial charge in [0.1, 0.15) is 0 Å². The van der Waals surface area contributed by atoms with Gasteiger partial charge in [-0.25, -0.2) is 0 Å². The summed E-state index contributed by atoms with van der Waals surface area (Å²) in [5.41, 5.74) is 4.84. The van der Waals surface area contributed by atoms with Crippen molar-refractivity contribution in [1.82, 2.24) is 9.97 Å². The van der Waals surface area contributed by atoms with Crippen LogP contribution in [0.25, 0.3) is 64.9 Å². The molecule has 0 aliphatic carbocycles. The van der Waals surface area contributed by atoms with Gasteiger partial charge in [0.25, 0.3) is 0 Å². The van der Waals surface area contributed by atoms with Crippen LogP contribution in [0.5, 0.6) is 0 Å². The molecule has 0 spiro atoms. The van der Waals surface area contributed by atoms with E-state index in [0.717, 1.165) is 42.6 Å². The normalized spacial score (nSPS) is 15.3. The Morgan fingerprint density at radius 1 is 0.654 bits per heavy atom. The summed E-state index contributed by atoms with van der Waals surface area (Å²) in [5.74, 6) is 0. The number of aromatic nitrogens is 2. The zero-order valence-electron chi connectivity index (χ0n) is 39.8. The number of hydrogen-bond acceptors (Lipinski definition) is 3. The third-order valence-electron chi connectivity index (χ3n) is 8.28. The van der Waals surface area contributed by atoms with Gasteiger partial charge in [0.2, 0.25) is 0 Å². The summed E-state index contributed by atoms with van der Waals surface area (Å²) in [6.45, 7) is -2.04. The maximum Gasteiger partial charge on any atom is 0.0321 e. The predicted octanol–water partition coefficient (Wildman–Crippen LogP) is 13.3. The van der Waals surface area contributed by atoms with Crippen molar-refractivity contribution in [2.75, 3.05) is 0 Å². The van der Waals surface area contributed by atoms with E-state index in [-0.39, 0.29) is 53.5 Å². The molecule has 0 N–H and O–H groups in total. The summed E-state index contributed by atoms with van der Waals surface area (Å²) < 4.78 is 91.2. The summed E-state index contributed by atoms with van der Waals surface area (Å²) >= 11 is 1.62. The molecule has 0 saturated heterocycles. The average Bonchev–Trinajstić information content (AvgIpc) is 3.62. The standard InChI is InChI=1S/C36H32NS.C12H10N.Ir/c1-23-19-25(21-36(3,4)5)17-18-27(23)32-20-33(37-22-24(32)2)31-16-10-15-30-29-14-9-13-28(34(29)38-35(30)31)26-11-7-6-8-12-26;1-10-7-8-12(13-9-10)11-5-3-2-4-6-11;/h6-15,17-20,22H,21H2,1-5H3;2-5,7-9H,1H3;/q2*-1;/i1D3,2D3,21D2;1D3;. The molecule has 8 aromatic rings. The van der Waals surface area contributed by atoms with Gasteiger partial charge >= 0.3 is 0 Å². The van der Waals surface area contributed by atoms with E-state index in [2.05, 4.69) is 46.4 Å². The van der Waals surface area contributed by atoms with Gasteiger partial charge in [-0.3, -0.25) is 0 Å². The Balaban J connectivity index is 0.000000327. The maximum absolute atomic E-state index is 8.76. The molecule has 0 amide bonds. The molecule has 0 aliphatic heterocycles. The van der Waals surface area contributed by atoms with Crippen LogP contribution in [0.3, 0.4) is 0 Å². The van der Waals surface area contributed by atoms with Gasteiger partial charge in [-0.1, -0.05) is 111 Å². The third kappa shape index (κ3) is 8.16. The van der Waals surface area contributed by atoms with Crippen molar-refractivity contribution < 1.29 is 35.2 Å². The summed E-state index contributed by atoms with van der Waals surface area (Å²) in [6, 6.07) is 43.4. The Morgan fingerprint density at radius 2 is 1.46 bits per heavy atom. The quantitative estimate of drug-likeness (QED) is 0.161. The number of thiophene rings is 1. The van der Waals surface area contributed by atoms with Gasteiger partial charge in [0.15, 0.2) is 0 Å². The van der Waals surface area contributed by atoms with E-state index < -0.39 is 32.3 Å². The Morgan fingerprint density at radius 3 is 2.19 bits per heavy atom. The number of hydrogen-bond donors (Lipinski definition) is 0. The smallest absolute Gasteiger partial charge is 0.0321 e. The van der Waals surface area contributed by atoms with Crippen molar-refractivity contribution in [3.05, 3.63) is 168 Å². The molecular formula is C48H42IrN2S-2. The minimum absolute atomic E-state index is 0. The van der Waals surface area contributed by atoms with Crippen LogP contribution in [-0.4, -0.2) is 9.97 Å². The molecule has 1 radical (unpaired) electrons. The van der Waals surface area contributed by atoms with E-state index in [1.165, 1.54) is 24.5 Å². The Labute approximate surface area is 341 Å². The first-order chi connectivity index (χ1) is 29.1. The SMILES string of the molecule is [2H]C([2H])([2H])c1ccc(-c2[c-]cccc2)nc1.[2H]C([2H])([2H])c1cnc(-c2[c-]ccc3c2sc2c(-c4ccccc4)cccc23)cc1-c1ccc(C([2H])([2H])C(C)(C)C)cc1C([2H])([2H])[2H].[Ir]. The van der Waals surface area contributed by atoms with Gasteiger partial charge in [-0.05, 0) is 98.3 Å². The zero-order valence-corrected chi connectivity index (χ0v) is 32.0. The van der Waals surface area contributed by atoms with Crippen molar-refractivity contribution >= 4 is 31.5 Å². The van der Waals surface area contributed by atoms with E-state index in [1.54, 1.807) is 62.4 Å². The summed E-state index contributed by atoms with van der Waals surface area (Å²) in [5, 5.41) is 2.11. The summed E-state index contributed by atoms with van der Waals surface area (Å²) in [7, 11) is 0. The molecule has 261 valence electrons. The molecule has 3 aromatic heterocycles. The second kappa shape index (κ2) is 15.9. The molecule has 8 rings (SSSR count). The van der Waals surface area contributed by atoms with E-state index in [1.807, 2.05) is 54.6 Å². The largest absolute Gasteiger partial charge is 0.304 e. The molecule has 0 aliphatic rings. The molecule has 0 saturated carbocycles. The molecule has 0 fully saturated rings. The molecule has 5 aromatic carbocycles. The molecule has 52 heavy (non-hydrogen) atoms. The fourth-order valence-corrected chi connectivity index (χ4v) is 7.35. The number of pyridine rings is 2. The molecule has 0 bridgehead atoms. The zero-order chi connectivity index (χ0) is 44.8. The van der Waals surface area contributed by atoms with Crippen LogP contribution in [-0.2, 0) is 26.5 Å². The first-order valence-electron chi connectivity index (χ1n) is 22.1. The minimum atomic E-state index is -2.64. The second-order valence-electron chi connectivity index (χ2n) is 13.2. The summed E-state index contributed by atoms with van der Waals surface area (Å²) in [6.07, 6.45) is 0.855. The van der Waals surface area contributed by atoms with E-state index >= 15 is 0 Å². The van der Waals surface area contributed by atoms with Crippen molar-refractivity contribution in [3.8, 4) is 44.8 Å². The predicted molar refractivity (Wildman–Crippen MR) is 218 cm³/mol. The van der Waals surface area contributed by atoms with Gasteiger partial charge in [-0.15, -0.1) is 59.7 Å². The molecule has 0 unspecified atom stereocenters. The fourth-order valence-electron chi connectivity index (χ4n) is 6.01. The fraction of sp³-hybridized carbons (Fsp3) is 0.167. The van der Waals surface area contributed by atoms with Crippen molar-refractivity contribution in [2.45, 2.75) is 47.7 Å². The van der Waals surface area contributed by atoms with Crippen molar-refractivity contribution in [1.29, 1.82) is 0 Å². The number of nitrogens with zero attached hydrogens (tertiary/aromatic N) is 2. The van der Waals surface area contributed by atoms with Crippen molar-refractivity contribution in [3.63, 3.8) is 0 Å². The van der Waals surface area contributed by atoms with Crippen LogP contribution >= 0.6 is 11.3 Å². The molecule has 2 nitrogen and oxygen atoms in total. The monoisotopic (exact) mass is 882 g/mol. The molecule has 4 heteroatoms. The Bertz CT molecular complexity index is 2860. The Hall–Kier alpha value is -4.73. The van der Waals surface area contributed by atoms with Crippen LogP contribution in [0.4, 0.5) is 0 Å². The Kier molecular flexibility index (Phi) is 7.72. The van der Waals surface area contributed by atoms with Crippen molar-refractivity contribution in [2.24, 2.45) is 5.41 Å². The van der Waals surface area contributed by atoms with Gasteiger partial charge in [0, 0.05) is 52.3 Å². The van der Waals surface area contributed by atoms with E-state index in [0.29, 0.717) is 11.3 Å². The average molecular weight is 882 g/mol. The van der Waals surface area contributed by atoms with Gasteiger partial charge < -0.3 is 9.97 Å². The molecule has 3 heterocycles. The molecule has 0 atom stereocenters.